The maximum absolute atomic E-state index is 14.5. The number of hydrogen-bond donors (Lipinski definition) is 1. The fraction of sp³-hybridized carbons (Fsp3) is 0.343. The normalized spacial score (nSPS) is 22.3. The first kappa shape index (κ1) is 28.2. The fourth-order valence-electron chi connectivity index (χ4n) is 6.84. The average molecular weight is 595 g/mol. The van der Waals surface area contributed by atoms with Crippen LogP contribution in [0.25, 0.3) is 27.7 Å². The molecule has 1 saturated heterocycles. The highest BCUT2D eigenvalue weighted by molar-refractivity contribution is 7.91. The van der Waals surface area contributed by atoms with Crippen LogP contribution in [0.5, 0.6) is 0 Å². The minimum atomic E-state index is -3.90. The summed E-state index contributed by atoms with van der Waals surface area (Å²) in [4.78, 5) is 9.05. The van der Waals surface area contributed by atoms with E-state index in [-0.39, 0.29) is 5.92 Å². The van der Waals surface area contributed by atoms with Crippen LogP contribution in [0.15, 0.2) is 85.2 Å². The number of aromatic nitrogens is 2. The average Bonchev–Trinajstić information content (AvgIpc) is 3.39. The number of hydrogen-bond acceptors (Lipinski definition) is 6. The van der Waals surface area contributed by atoms with Crippen molar-refractivity contribution in [1.29, 1.82) is 0 Å². The number of fused-ring (bicyclic) bond motifs is 2. The van der Waals surface area contributed by atoms with E-state index in [1.54, 1.807) is 12.4 Å². The van der Waals surface area contributed by atoms with Crippen molar-refractivity contribution in [2.45, 2.75) is 37.2 Å². The zero-order chi connectivity index (χ0) is 29.9. The van der Waals surface area contributed by atoms with Crippen LogP contribution >= 0.6 is 0 Å². The Bertz CT molecular complexity index is 1870. The molecular formula is C35H38N4O3S. The zero-order valence-electron chi connectivity index (χ0n) is 24.9. The van der Waals surface area contributed by atoms with Crippen LogP contribution in [0.4, 0.5) is 0 Å². The maximum Gasteiger partial charge on any atom is 0.249 e. The van der Waals surface area contributed by atoms with Gasteiger partial charge < -0.3 is 14.9 Å². The summed E-state index contributed by atoms with van der Waals surface area (Å²) < 4.78 is 29.2. The molecule has 0 saturated carbocycles. The number of benzene rings is 2. The van der Waals surface area contributed by atoms with E-state index in [2.05, 4.69) is 47.1 Å². The van der Waals surface area contributed by atoms with Crippen molar-refractivity contribution in [3.05, 3.63) is 107 Å². The number of allylic oxidation sites excluding steroid dienone is 3. The largest absolute Gasteiger partial charge is 0.388 e. The molecule has 1 aliphatic carbocycles. The van der Waals surface area contributed by atoms with Crippen LogP contribution in [0.3, 0.4) is 0 Å². The predicted molar refractivity (Wildman–Crippen MR) is 172 cm³/mol. The van der Waals surface area contributed by atoms with Gasteiger partial charge in [0.05, 0.1) is 6.10 Å². The maximum atomic E-state index is 14.5. The van der Waals surface area contributed by atoms with E-state index < -0.39 is 20.9 Å². The summed E-state index contributed by atoms with van der Waals surface area (Å²) in [6, 6.07) is 18.1. The molecule has 2 aromatic carbocycles. The molecule has 4 heterocycles. The number of aliphatic hydroxyl groups excluding tert-OH is 1. The Hall–Kier alpha value is -3.56. The van der Waals surface area contributed by atoms with E-state index in [1.807, 2.05) is 61.5 Å². The van der Waals surface area contributed by atoms with Gasteiger partial charge in [0.1, 0.15) is 4.75 Å². The van der Waals surface area contributed by atoms with Crippen LogP contribution in [0, 0.1) is 5.92 Å². The molecule has 8 heteroatoms. The molecule has 2 unspecified atom stereocenters. The molecule has 2 aromatic heterocycles. The first-order valence-corrected chi connectivity index (χ1v) is 16.5. The predicted octanol–water partition coefficient (Wildman–Crippen LogP) is 5.27. The van der Waals surface area contributed by atoms with Gasteiger partial charge in [0.15, 0.2) is 5.65 Å². The summed E-state index contributed by atoms with van der Waals surface area (Å²) in [5.74, 6) is 0.235. The van der Waals surface area contributed by atoms with Gasteiger partial charge in [-0.3, -0.25) is 0 Å². The summed E-state index contributed by atoms with van der Waals surface area (Å²) in [6.45, 7) is 5.53. The molecule has 0 spiro atoms. The van der Waals surface area contributed by atoms with Crippen molar-refractivity contribution >= 4 is 26.6 Å². The van der Waals surface area contributed by atoms with Crippen LogP contribution < -0.4 is 0 Å². The highest BCUT2D eigenvalue weighted by Crippen LogP contribution is 2.39. The van der Waals surface area contributed by atoms with Gasteiger partial charge in [-0.15, -0.1) is 0 Å². The molecule has 7 rings (SSSR count). The van der Waals surface area contributed by atoms with Gasteiger partial charge >= 0.3 is 0 Å². The third-order valence-corrected chi connectivity index (χ3v) is 11.8. The summed E-state index contributed by atoms with van der Waals surface area (Å²) in [5, 5.41) is 11.6. The standard InChI is InChI=1S/C35H38N4O3S/c1-35(15-4-6-28(19-35)26-12-13-29-20-37(2)17-14-27(29)18-26)43(41,42)39-23-32(31-7-5-16-36-34(31)39)24-8-10-25(11-9-24)33(40)30-21-38(3)22-30/h4-13,16,18-19,23,30,33,40H,14-15,17,20-22H2,1-3H3. The quantitative estimate of drug-likeness (QED) is 0.328. The third kappa shape index (κ3) is 4.86. The molecule has 0 amide bonds. The minimum absolute atomic E-state index is 0.235. The Morgan fingerprint density at radius 2 is 1.77 bits per heavy atom. The van der Waals surface area contributed by atoms with E-state index in [1.165, 1.54) is 15.1 Å². The summed E-state index contributed by atoms with van der Waals surface area (Å²) in [5.41, 5.74) is 7.64. The van der Waals surface area contributed by atoms with Gasteiger partial charge in [-0.1, -0.05) is 60.7 Å². The van der Waals surface area contributed by atoms with Crippen LogP contribution in [0.1, 0.15) is 41.7 Å². The number of aliphatic hydroxyl groups is 1. The molecule has 1 N–H and O–H groups in total. The second-order valence-corrected chi connectivity index (χ2v) is 15.0. The van der Waals surface area contributed by atoms with E-state index in [0.29, 0.717) is 12.1 Å². The first-order chi connectivity index (χ1) is 20.6. The van der Waals surface area contributed by atoms with E-state index in [9.17, 15) is 13.5 Å². The number of likely N-dealkylation sites (tertiary alicyclic amines) is 1. The van der Waals surface area contributed by atoms with Crippen LogP contribution in [0.2, 0.25) is 0 Å². The lowest BCUT2D eigenvalue weighted by molar-refractivity contribution is 0.00901. The smallest absolute Gasteiger partial charge is 0.249 e. The molecular weight excluding hydrogens is 556 g/mol. The second-order valence-electron chi connectivity index (χ2n) is 12.8. The summed E-state index contributed by atoms with van der Waals surface area (Å²) >= 11 is 0. The lowest BCUT2D eigenvalue weighted by atomic mass is 9.89. The number of rotatable bonds is 6. The van der Waals surface area contributed by atoms with Crippen molar-refractivity contribution in [1.82, 2.24) is 18.8 Å². The molecule has 7 nitrogen and oxygen atoms in total. The van der Waals surface area contributed by atoms with E-state index >= 15 is 0 Å². The fourth-order valence-corrected chi connectivity index (χ4v) is 8.49. The lowest BCUT2D eigenvalue weighted by Crippen LogP contribution is -2.46. The molecule has 2 atom stereocenters. The summed E-state index contributed by atoms with van der Waals surface area (Å²) in [7, 11) is 0.292. The second kappa shape index (κ2) is 10.6. The Morgan fingerprint density at radius 3 is 2.53 bits per heavy atom. The topological polar surface area (TPSA) is 78.7 Å². The number of nitrogens with zero attached hydrogens (tertiary/aromatic N) is 4. The minimum Gasteiger partial charge on any atom is -0.388 e. The Morgan fingerprint density at radius 1 is 1.00 bits per heavy atom. The monoisotopic (exact) mass is 594 g/mol. The highest BCUT2D eigenvalue weighted by Gasteiger charge is 2.41. The van der Waals surface area contributed by atoms with E-state index in [0.717, 1.165) is 65.8 Å². The van der Waals surface area contributed by atoms with Crippen molar-refractivity contribution in [3.63, 3.8) is 0 Å². The molecule has 43 heavy (non-hydrogen) atoms. The molecule has 4 aromatic rings. The van der Waals surface area contributed by atoms with Crippen molar-refractivity contribution in [2.24, 2.45) is 5.92 Å². The van der Waals surface area contributed by atoms with Crippen LogP contribution in [-0.4, -0.2) is 70.8 Å². The number of likely N-dealkylation sites (N-methyl/N-ethyl adjacent to an activating group) is 1. The van der Waals surface area contributed by atoms with Gasteiger partial charge in [-0.25, -0.2) is 17.4 Å². The first-order valence-electron chi connectivity index (χ1n) is 15.0. The zero-order valence-corrected chi connectivity index (χ0v) is 25.8. The Kier molecular flexibility index (Phi) is 6.93. The van der Waals surface area contributed by atoms with Gasteiger partial charge in [-0.2, -0.15) is 0 Å². The van der Waals surface area contributed by atoms with Crippen molar-refractivity contribution < 1.29 is 13.5 Å². The van der Waals surface area contributed by atoms with Gasteiger partial charge in [0.2, 0.25) is 10.0 Å². The van der Waals surface area contributed by atoms with Crippen LogP contribution in [-0.2, 0) is 23.0 Å². The molecule has 1 fully saturated rings. The molecule has 3 aliphatic rings. The van der Waals surface area contributed by atoms with Gasteiger partial charge in [0, 0.05) is 55.4 Å². The van der Waals surface area contributed by atoms with Gasteiger partial charge in [-0.05, 0) is 79.4 Å². The van der Waals surface area contributed by atoms with Crippen molar-refractivity contribution in [3.8, 4) is 11.1 Å². The third-order valence-electron chi connectivity index (χ3n) is 9.51. The van der Waals surface area contributed by atoms with Gasteiger partial charge in [0.25, 0.3) is 0 Å². The van der Waals surface area contributed by atoms with E-state index in [4.69, 9.17) is 0 Å². The molecule has 2 aliphatic heterocycles. The highest BCUT2D eigenvalue weighted by atomic mass is 32.2. The number of pyridine rings is 1. The molecule has 222 valence electrons. The lowest BCUT2D eigenvalue weighted by Gasteiger charge is -2.39. The molecule has 0 radical (unpaired) electrons. The van der Waals surface area contributed by atoms with Crippen molar-refractivity contribution in [2.75, 3.05) is 33.7 Å². The SMILES string of the molecule is CN1CCc2cc(C3=CC(C)(S(=O)(=O)n4cc(-c5ccc(C(O)C6CN(C)C6)cc5)c5cccnc54)CC=C3)ccc2C1. The molecule has 0 bridgehead atoms. The Balaban J connectivity index is 1.24. The Labute approximate surface area is 253 Å². The summed E-state index contributed by atoms with van der Waals surface area (Å²) in [6.07, 6.45) is 10.2.